The molecule has 0 heterocycles. The van der Waals surface area contributed by atoms with Gasteiger partial charge in [0.2, 0.25) is 0 Å². The van der Waals surface area contributed by atoms with E-state index in [0.717, 1.165) is 0 Å². The van der Waals surface area contributed by atoms with Gasteiger partial charge in [-0.25, -0.2) is 4.79 Å². The van der Waals surface area contributed by atoms with Crippen LogP contribution in [0.15, 0.2) is 54.6 Å². The summed E-state index contributed by atoms with van der Waals surface area (Å²) >= 11 is 0. The van der Waals surface area contributed by atoms with Gasteiger partial charge in [0.25, 0.3) is 11.8 Å². The maximum absolute atomic E-state index is 12.2. The summed E-state index contributed by atoms with van der Waals surface area (Å²) in [5.74, 6) is -1.82. The first kappa shape index (κ1) is 20.8. The number of benzene rings is 2. The van der Waals surface area contributed by atoms with Crippen molar-refractivity contribution < 1.29 is 23.9 Å². The lowest BCUT2D eigenvalue weighted by atomic mass is 10.1. The van der Waals surface area contributed by atoms with E-state index in [1.165, 1.54) is 26.8 Å². The van der Waals surface area contributed by atoms with Crippen molar-refractivity contribution in [3.63, 3.8) is 0 Å². The standard InChI is InChI=1S/C21H22N2O5/c1-13(22-20(26)16-8-5-4-6-9-16)21(27)28-15(3)19(25)23-18-11-7-10-17(12-18)14(2)24/h4-13,15H,1-3H3,(H,22,26)(H,23,25)/t13-,15+/m0/s1. The van der Waals surface area contributed by atoms with Crippen LogP contribution in [0.5, 0.6) is 0 Å². The van der Waals surface area contributed by atoms with Gasteiger partial charge < -0.3 is 15.4 Å². The van der Waals surface area contributed by atoms with E-state index in [9.17, 15) is 19.2 Å². The first-order chi connectivity index (χ1) is 13.3. The van der Waals surface area contributed by atoms with Gasteiger partial charge in [0.1, 0.15) is 6.04 Å². The van der Waals surface area contributed by atoms with Gasteiger partial charge >= 0.3 is 5.97 Å². The number of esters is 1. The summed E-state index contributed by atoms with van der Waals surface area (Å²) in [6, 6.07) is 14.0. The molecule has 0 aliphatic heterocycles. The number of hydrogen-bond acceptors (Lipinski definition) is 5. The Kier molecular flexibility index (Phi) is 7.03. The van der Waals surface area contributed by atoms with Gasteiger partial charge in [-0.05, 0) is 45.0 Å². The fraction of sp³-hybridized carbons (Fsp3) is 0.238. The van der Waals surface area contributed by atoms with Gasteiger partial charge in [-0.2, -0.15) is 0 Å². The van der Waals surface area contributed by atoms with Crippen molar-refractivity contribution in [2.75, 3.05) is 5.32 Å². The van der Waals surface area contributed by atoms with Crippen LogP contribution in [0.3, 0.4) is 0 Å². The van der Waals surface area contributed by atoms with Gasteiger partial charge in [0, 0.05) is 16.8 Å². The van der Waals surface area contributed by atoms with E-state index in [1.807, 2.05) is 0 Å². The molecular formula is C21H22N2O5. The minimum Gasteiger partial charge on any atom is -0.451 e. The molecule has 2 aromatic carbocycles. The highest BCUT2D eigenvalue weighted by molar-refractivity contribution is 5.99. The van der Waals surface area contributed by atoms with Crippen LogP contribution in [-0.4, -0.2) is 35.7 Å². The van der Waals surface area contributed by atoms with Gasteiger partial charge in [0.15, 0.2) is 11.9 Å². The minimum atomic E-state index is -1.08. The Bertz CT molecular complexity index is 879. The normalized spacial score (nSPS) is 12.4. The second-order valence-electron chi connectivity index (χ2n) is 6.27. The van der Waals surface area contributed by atoms with Crippen LogP contribution in [0.2, 0.25) is 0 Å². The van der Waals surface area contributed by atoms with Crippen molar-refractivity contribution in [2.24, 2.45) is 0 Å². The Morgan fingerprint density at radius 2 is 1.54 bits per heavy atom. The average molecular weight is 382 g/mol. The first-order valence-electron chi connectivity index (χ1n) is 8.76. The number of nitrogens with one attached hydrogen (secondary N) is 2. The SMILES string of the molecule is CC(=O)c1cccc(NC(=O)[C@@H](C)OC(=O)[C@H](C)NC(=O)c2ccccc2)c1. The second kappa shape index (κ2) is 9.45. The van der Waals surface area contributed by atoms with Crippen LogP contribution < -0.4 is 10.6 Å². The topological polar surface area (TPSA) is 102 Å². The molecule has 0 bridgehead atoms. The molecule has 0 aliphatic rings. The lowest BCUT2D eigenvalue weighted by Gasteiger charge is -2.17. The summed E-state index contributed by atoms with van der Waals surface area (Å²) in [4.78, 5) is 47.9. The van der Waals surface area contributed by atoms with Crippen LogP contribution in [0.4, 0.5) is 5.69 Å². The summed E-state index contributed by atoms with van der Waals surface area (Å²) < 4.78 is 5.13. The highest BCUT2D eigenvalue weighted by Crippen LogP contribution is 2.12. The predicted molar refractivity (Wildman–Crippen MR) is 104 cm³/mol. The number of rotatable bonds is 7. The van der Waals surface area contributed by atoms with Crippen LogP contribution in [0.25, 0.3) is 0 Å². The maximum atomic E-state index is 12.2. The minimum absolute atomic E-state index is 0.126. The molecule has 0 unspecified atom stereocenters. The molecular weight excluding hydrogens is 360 g/mol. The Morgan fingerprint density at radius 3 is 2.18 bits per heavy atom. The molecule has 0 aliphatic carbocycles. The second-order valence-corrected chi connectivity index (χ2v) is 6.27. The fourth-order valence-corrected chi connectivity index (χ4v) is 2.32. The van der Waals surface area contributed by atoms with E-state index in [-0.39, 0.29) is 5.78 Å². The number of amides is 2. The fourth-order valence-electron chi connectivity index (χ4n) is 2.32. The number of carbonyl (C=O) groups is 4. The smallest absolute Gasteiger partial charge is 0.329 e. The van der Waals surface area contributed by atoms with E-state index >= 15 is 0 Å². The largest absolute Gasteiger partial charge is 0.451 e. The summed E-state index contributed by atoms with van der Waals surface area (Å²) in [7, 11) is 0. The zero-order valence-electron chi connectivity index (χ0n) is 15.9. The van der Waals surface area contributed by atoms with Crippen molar-refractivity contribution in [1.82, 2.24) is 5.32 Å². The maximum Gasteiger partial charge on any atom is 0.329 e. The molecule has 2 aromatic rings. The quantitative estimate of drug-likeness (QED) is 0.566. The van der Waals surface area contributed by atoms with Crippen molar-refractivity contribution in [3.8, 4) is 0 Å². The summed E-state index contributed by atoms with van der Waals surface area (Å²) in [6.45, 7) is 4.33. The highest BCUT2D eigenvalue weighted by atomic mass is 16.5. The zero-order valence-corrected chi connectivity index (χ0v) is 15.9. The molecule has 0 fully saturated rings. The summed E-state index contributed by atoms with van der Waals surface area (Å²) in [5.41, 5.74) is 1.30. The molecule has 0 saturated carbocycles. The molecule has 0 saturated heterocycles. The van der Waals surface area contributed by atoms with Crippen LogP contribution in [-0.2, 0) is 14.3 Å². The van der Waals surface area contributed by atoms with Gasteiger partial charge in [-0.15, -0.1) is 0 Å². The molecule has 0 spiro atoms. The molecule has 0 aromatic heterocycles. The molecule has 2 N–H and O–H groups in total. The van der Waals surface area contributed by atoms with Crippen LogP contribution >= 0.6 is 0 Å². The molecule has 2 atom stereocenters. The van der Waals surface area contributed by atoms with E-state index < -0.39 is 29.9 Å². The predicted octanol–water partition coefficient (Wildman–Crippen LogP) is 2.58. The lowest BCUT2D eigenvalue weighted by Crippen LogP contribution is -2.42. The Hall–Kier alpha value is -3.48. The van der Waals surface area contributed by atoms with E-state index in [1.54, 1.807) is 48.5 Å². The van der Waals surface area contributed by atoms with Crippen molar-refractivity contribution in [3.05, 3.63) is 65.7 Å². The first-order valence-corrected chi connectivity index (χ1v) is 8.76. The van der Waals surface area contributed by atoms with Gasteiger partial charge in [0.05, 0.1) is 0 Å². The molecule has 0 radical (unpaired) electrons. The molecule has 28 heavy (non-hydrogen) atoms. The van der Waals surface area contributed by atoms with E-state index in [0.29, 0.717) is 16.8 Å². The van der Waals surface area contributed by atoms with Gasteiger partial charge in [-0.3, -0.25) is 14.4 Å². The highest BCUT2D eigenvalue weighted by Gasteiger charge is 2.23. The molecule has 7 heteroatoms. The number of Topliss-reactive ketones (excluding diaryl/α,β-unsaturated/α-hetero) is 1. The van der Waals surface area contributed by atoms with Crippen molar-refractivity contribution >= 4 is 29.3 Å². The molecule has 2 amide bonds. The Balaban J connectivity index is 1.90. The van der Waals surface area contributed by atoms with E-state index in [2.05, 4.69) is 10.6 Å². The lowest BCUT2D eigenvalue weighted by molar-refractivity contribution is -0.154. The van der Waals surface area contributed by atoms with Crippen LogP contribution in [0, 0.1) is 0 Å². The number of ether oxygens (including phenoxy) is 1. The number of hydrogen-bond donors (Lipinski definition) is 2. The van der Waals surface area contributed by atoms with E-state index in [4.69, 9.17) is 4.74 Å². The van der Waals surface area contributed by atoms with Crippen molar-refractivity contribution in [2.45, 2.75) is 32.9 Å². The third kappa shape index (κ3) is 5.77. The number of carbonyl (C=O) groups excluding carboxylic acids is 4. The molecule has 7 nitrogen and oxygen atoms in total. The Labute approximate surface area is 163 Å². The summed E-state index contributed by atoms with van der Waals surface area (Å²) in [5, 5.41) is 5.12. The van der Waals surface area contributed by atoms with Crippen LogP contribution in [0.1, 0.15) is 41.5 Å². The monoisotopic (exact) mass is 382 g/mol. The Morgan fingerprint density at radius 1 is 0.893 bits per heavy atom. The number of ketones is 1. The zero-order chi connectivity index (χ0) is 20.7. The summed E-state index contributed by atoms with van der Waals surface area (Å²) in [6.07, 6.45) is -1.08. The number of anilines is 1. The molecule has 146 valence electrons. The molecule has 2 rings (SSSR count). The van der Waals surface area contributed by atoms with Gasteiger partial charge in [-0.1, -0.05) is 30.3 Å². The average Bonchev–Trinajstić information content (AvgIpc) is 2.68. The third-order valence-electron chi connectivity index (χ3n) is 3.94. The third-order valence-corrected chi connectivity index (χ3v) is 3.94. The van der Waals surface area contributed by atoms with Crippen molar-refractivity contribution in [1.29, 1.82) is 0 Å².